The average molecular weight is 306 g/mol. The van der Waals surface area contributed by atoms with Crippen molar-refractivity contribution in [3.63, 3.8) is 0 Å². The van der Waals surface area contributed by atoms with Crippen molar-refractivity contribution in [2.45, 2.75) is 24.8 Å². The summed E-state index contributed by atoms with van der Waals surface area (Å²) in [5.74, 6) is -1.11. The number of aryl methyl sites for hydroxylation is 1. The smallest absolute Gasteiger partial charge is 0.345 e. The molecule has 0 aromatic carbocycles. The first-order valence-corrected chi connectivity index (χ1v) is 7.95. The van der Waals surface area contributed by atoms with Crippen molar-refractivity contribution < 1.29 is 18.3 Å². The van der Waals surface area contributed by atoms with Crippen molar-refractivity contribution in [2.75, 3.05) is 20.6 Å². The van der Waals surface area contributed by atoms with Crippen LogP contribution in [0.3, 0.4) is 0 Å². The van der Waals surface area contributed by atoms with Gasteiger partial charge in [0.15, 0.2) is 0 Å². The number of hydrogen-bond acceptors (Lipinski definition) is 5. The highest BCUT2D eigenvalue weighted by Gasteiger charge is 2.22. The van der Waals surface area contributed by atoms with Gasteiger partial charge in [-0.05, 0) is 34.0 Å². The second kappa shape index (κ2) is 6.00. The minimum Gasteiger partial charge on any atom is -0.477 e. The molecule has 0 spiro atoms. The largest absolute Gasteiger partial charge is 0.477 e. The van der Waals surface area contributed by atoms with Crippen molar-refractivity contribution in [3.05, 3.63) is 15.8 Å². The second-order valence-corrected chi connectivity index (χ2v) is 7.49. The van der Waals surface area contributed by atoms with Gasteiger partial charge in [0.05, 0.1) is 4.90 Å². The lowest BCUT2D eigenvalue weighted by Gasteiger charge is -2.19. The van der Waals surface area contributed by atoms with Gasteiger partial charge in [-0.3, -0.25) is 0 Å². The molecule has 0 aliphatic carbocycles. The molecule has 1 rings (SSSR count). The van der Waals surface area contributed by atoms with Crippen LogP contribution in [-0.4, -0.2) is 51.1 Å². The number of aromatic carboxylic acids is 1. The minimum absolute atomic E-state index is 0.0264. The molecule has 2 N–H and O–H groups in total. The number of hydrogen-bond donors (Lipinski definition) is 2. The Bertz CT molecular complexity index is 563. The van der Waals surface area contributed by atoms with Crippen LogP contribution in [-0.2, 0) is 10.0 Å². The Morgan fingerprint density at radius 1 is 1.53 bits per heavy atom. The van der Waals surface area contributed by atoms with Gasteiger partial charge < -0.3 is 10.0 Å². The molecule has 108 valence electrons. The van der Waals surface area contributed by atoms with Crippen molar-refractivity contribution in [2.24, 2.45) is 0 Å². The molecule has 8 heteroatoms. The molecule has 0 radical (unpaired) electrons. The standard InChI is InChI=1S/C11H18N2O4S2/c1-7(13(3)4)6-12-19(16,17)10-5-9(11(14)15)18-8(10)2/h5,7,12H,6H2,1-4H3,(H,14,15). The Morgan fingerprint density at radius 2 is 2.11 bits per heavy atom. The number of likely N-dealkylation sites (N-methyl/N-ethyl adjacent to an activating group) is 1. The topological polar surface area (TPSA) is 86.7 Å². The van der Waals surface area contributed by atoms with Gasteiger partial charge in [0.1, 0.15) is 4.88 Å². The molecule has 0 fully saturated rings. The average Bonchev–Trinajstić information content (AvgIpc) is 2.69. The van der Waals surface area contributed by atoms with Gasteiger partial charge in [0, 0.05) is 17.5 Å². The zero-order valence-electron chi connectivity index (χ0n) is 11.3. The Hall–Kier alpha value is -0.960. The van der Waals surface area contributed by atoms with E-state index in [1.54, 1.807) is 6.92 Å². The van der Waals surface area contributed by atoms with Crippen LogP contribution in [0.25, 0.3) is 0 Å². The Balaban J connectivity index is 2.92. The van der Waals surface area contributed by atoms with Crippen LogP contribution in [0.5, 0.6) is 0 Å². The third-order valence-electron chi connectivity index (χ3n) is 2.82. The van der Waals surface area contributed by atoms with E-state index in [1.165, 1.54) is 6.07 Å². The normalized spacial score (nSPS) is 13.7. The molecule has 1 aromatic rings. The van der Waals surface area contributed by atoms with Gasteiger partial charge in [0.2, 0.25) is 10.0 Å². The minimum atomic E-state index is -3.66. The van der Waals surface area contributed by atoms with Crippen LogP contribution in [0.1, 0.15) is 21.5 Å². The monoisotopic (exact) mass is 306 g/mol. The molecule has 1 atom stereocenters. The van der Waals surface area contributed by atoms with Crippen molar-refractivity contribution in [3.8, 4) is 0 Å². The van der Waals surface area contributed by atoms with Gasteiger partial charge in [-0.25, -0.2) is 17.9 Å². The van der Waals surface area contributed by atoms with E-state index in [9.17, 15) is 13.2 Å². The fraction of sp³-hybridized carbons (Fsp3) is 0.545. The van der Waals surface area contributed by atoms with Gasteiger partial charge in [0.25, 0.3) is 0 Å². The van der Waals surface area contributed by atoms with Crippen molar-refractivity contribution in [1.29, 1.82) is 0 Å². The van der Waals surface area contributed by atoms with Crippen LogP contribution in [0.4, 0.5) is 0 Å². The Morgan fingerprint density at radius 3 is 2.53 bits per heavy atom. The lowest BCUT2D eigenvalue weighted by molar-refractivity contribution is 0.0702. The summed E-state index contributed by atoms with van der Waals surface area (Å²) in [4.78, 5) is 13.3. The van der Waals surface area contributed by atoms with Crippen LogP contribution in [0.15, 0.2) is 11.0 Å². The number of thiophene rings is 1. The first-order chi connectivity index (χ1) is 8.65. The number of nitrogens with zero attached hydrogens (tertiary/aromatic N) is 1. The maximum atomic E-state index is 12.1. The van der Waals surface area contributed by atoms with Gasteiger partial charge in [-0.1, -0.05) is 0 Å². The van der Waals surface area contributed by atoms with E-state index < -0.39 is 16.0 Å². The summed E-state index contributed by atoms with van der Waals surface area (Å²) < 4.78 is 26.7. The molecule has 6 nitrogen and oxygen atoms in total. The third-order valence-corrected chi connectivity index (χ3v) is 5.54. The quantitative estimate of drug-likeness (QED) is 0.818. The number of nitrogens with one attached hydrogen (secondary N) is 1. The zero-order valence-corrected chi connectivity index (χ0v) is 12.9. The number of carboxylic acid groups (broad SMARTS) is 1. The lowest BCUT2D eigenvalue weighted by atomic mass is 10.3. The second-order valence-electron chi connectivity index (χ2n) is 4.50. The highest BCUT2D eigenvalue weighted by molar-refractivity contribution is 7.89. The zero-order chi connectivity index (χ0) is 14.8. The summed E-state index contributed by atoms with van der Waals surface area (Å²) >= 11 is 0.961. The first-order valence-electron chi connectivity index (χ1n) is 5.65. The molecule has 0 amide bonds. The van der Waals surface area contributed by atoms with E-state index >= 15 is 0 Å². The predicted molar refractivity (Wildman–Crippen MR) is 74.4 cm³/mol. The highest BCUT2D eigenvalue weighted by Crippen LogP contribution is 2.25. The summed E-state index contributed by atoms with van der Waals surface area (Å²) in [6.45, 7) is 3.76. The Kier molecular flexibility index (Phi) is 5.08. The van der Waals surface area contributed by atoms with E-state index in [0.29, 0.717) is 4.88 Å². The number of rotatable bonds is 6. The number of carboxylic acids is 1. The summed E-state index contributed by atoms with van der Waals surface area (Å²) in [7, 11) is 0.0551. The molecular weight excluding hydrogens is 288 g/mol. The fourth-order valence-electron chi connectivity index (χ4n) is 1.33. The molecule has 1 heterocycles. The molecule has 0 aliphatic heterocycles. The molecule has 0 saturated carbocycles. The van der Waals surface area contributed by atoms with Crippen LogP contribution >= 0.6 is 11.3 Å². The summed E-state index contributed by atoms with van der Waals surface area (Å²) in [6.07, 6.45) is 0. The maximum absolute atomic E-state index is 12.1. The third kappa shape index (κ3) is 4.00. The molecule has 1 aromatic heterocycles. The summed E-state index contributed by atoms with van der Waals surface area (Å²) in [5, 5.41) is 8.87. The summed E-state index contributed by atoms with van der Waals surface area (Å²) in [5.41, 5.74) is 0. The maximum Gasteiger partial charge on any atom is 0.345 e. The van der Waals surface area contributed by atoms with E-state index in [1.807, 2.05) is 25.9 Å². The number of carbonyl (C=O) groups is 1. The Labute approximate surface area is 117 Å². The van der Waals surface area contributed by atoms with Crippen molar-refractivity contribution >= 4 is 27.3 Å². The molecule has 0 saturated heterocycles. The molecule has 19 heavy (non-hydrogen) atoms. The van der Waals surface area contributed by atoms with Gasteiger partial charge >= 0.3 is 5.97 Å². The van der Waals surface area contributed by atoms with Crippen molar-refractivity contribution in [1.82, 2.24) is 9.62 Å². The van der Waals surface area contributed by atoms with E-state index in [-0.39, 0.29) is 22.4 Å². The first kappa shape index (κ1) is 16.1. The van der Waals surface area contributed by atoms with E-state index in [2.05, 4.69) is 4.72 Å². The van der Waals surface area contributed by atoms with Gasteiger partial charge in [-0.2, -0.15) is 0 Å². The fourth-order valence-corrected chi connectivity index (χ4v) is 3.88. The van der Waals surface area contributed by atoms with Crippen LogP contribution in [0, 0.1) is 6.92 Å². The van der Waals surface area contributed by atoms with Crippen LogP contribution in [0.2, 0.25) is 0 Å². The SMILES string of the molecule is Cc1sc(C(=O)O)cc1S(=O)(=O)NCC(C)N(C)C. The molecular formula is C11H18N2O4S2. The van der Waals surface area contributed by atoms with E-state index in [0.717, 1.165) is 11.3 Å². The predicted octanol–water partition coefficient (Wildman–Crippen LogP) is 0.983. The van der Waals surface area contributed by atoms with E-state index in [4.69, 9.17) is 5.11 Å². The molecule has 1 unspecified atom stereocenters. The molecule has 0 aliphatic rings. The molecule has 0 bridgehead atoms. The van der Waals surface area contributed by atoms with Gasteiger partial charge in [-0.15, -0.1) is 11.3 Å². The number of sulfonamides is 1. The lowest BCUT2D eigenvalue weighted by Crippen LogP contribution is -2.38. The highest BCUT2D eigenvalue weighted by atomic mass is 32.2. The van der Waals surface area contributed by atoms with Crippen LogP contribution < -0.4 is 4.72 Å². The summed E-state index contributed by atoms with van der Waals surface area (Å²) in [6, 6.07) is 1.25.